The number of carbonyl (C=O) groups is 1. The van der Waals surface area contributed by atoms with Crippen molar-refractivity contribution < 1.29 is 27.1 Å². The van der Waals surface area contributed by atoms with Crippen LogP contribution in [0, 0.1) is 11.7 Å². The van der Waals surface area contributed by atoms with Crippen LogP contribution in [0.5, 0.6) is 11.5 Å². The molecule has 0 saturated carbocycles. The Balaban J connectivity index is 1.51. The standard InChI is InChI=1S/C21H25FN2O5S/c1-28-18-8-10-20(11-9-18)30(26,27)24-13-2-3-16(15-24)21(25)23-12-14-29-19-6-4-17(22)5-7-19/h4-11,16H,2-3,12-15H2,1H3,(H,23,25)/t16-/m0/s1. The Kier molecular flexibility index (Phi) is 7.28. The normalized spacial score (nSPS) is 17.3. The van der Waals surface area contributed by atoms with E-state index in [1.54, 1.807) is 12.1 Å². The zero-order chi connectivity index (χ0) is 21.6. The average molecular weight is 437 g/mol. The number of amides is 1. The number of methoxy groups -OCH3 is 1. The predicted octanol–water partition coefficient (Wildman–Crippen LogP) is 2.43. The van der Waals surface area contributed by atoms with Gasteiger partial charge in [-0.3, -0.25) is 4.79 Å². The smallest absolute Gasteiger partial charge is 0.243 e. The number of nitrogens with one attached hydrogen (secondary N) is 1. The molecule has 0 spiro atoms. The highest BCUT2D eigenvalue weighted by molar-refractivity contribution is 7.89. The van der Waals surface area contributed by atoms with Crippen LogP contribution in [0.4, 0.5) is 4.39 Å². The van der Waals surface area contributed by atoms with Crippen molar-refractivity contribution in [1.82, 2.24) is 9.62 Å². The van der Waals surface area contributed by atoms with Crippen LogP contribution < -0.4 is 14.8 Å². The Morgan fingerprint density at radius 3 is 2.47 bits per heavy atom. The first-order valence-electron chi connectivity index (χ1n) is 9.70. The second-order valence-electron chi connectivity index (χ2n) is 6.97. The lowest BCUT2D eigenvalue weighted by Gasteiger charge is -2.31. The van der Waals surface area contributed by atoms with Gasteiger partial charge < -0.3 is 14.8 Å². The molecule has 1 atom stereocenters. The summed E-state index contributed by atoms with van der Waals surface area (Å²) in [6, 6.07) is 11.8. The van der Waals surface area contributed by atoms with Gasteiger partial charge in [-0.15, -0.1) is 0 Å². The molecule has 1 saturated heterocycles. The van der Waals surface area contributed by atoms with Crippen LogP contribution in [0.3, 0.4) is 0 Å². The number of halogens is 1. The van der Waals surface area contributed by atoms with Gasteiger partial charge in [-0.25, -0.2) is 12.8 Å². The highest BCUT2D eigenvalue weighted by Gasteiger charge is 2.33. The largest absolute Gasteiger partial charge is 0.497 e. The van der Waals surface area contributed by atoms with Gasteiger partial charge in [0.25, 0.3) is 0 Å². The van der Waals surface area contributed by atoms with Crippen molar-refractivity contribution in [3.63, 3.8) is 0 Å². The molecule has 1 fully saturated rings. The van der Waals surface area contributed by atoms with E-state index >= 15 is 0 Å². The van der Waals surface area contributed by atoms with Gasteiger partial charge in [-0.05, 0) is 61.4 Å². The van der Waals surface area contributed by atoms with Crippen molar-refractivity contribution >= 4 is 15.9 Å². The Bertz CT molecular complexity index is 948. The second-order valence-corrected chi connectivity index (χ2v) is 8.91. The van der Waals surface area contributed by atoms with Gasteiger partial charge in [0.1, 0.15) is 23.9 Å². The molecule has 162 valence electrons. The maximum absolute atomic E-state index is 12.9. The first kappa shape index (κ1) is 22.0. The molecule has 1 heterocycles. The van der Waals surface area contributed by atoms with Crippen molar-refractivity contribution in [3.05, 3.63) is 54.3 Å². The summed E-state index contributed by atoms with van der Waals surface area (Å²) in [6.45, 7) is 1.03. The lowest BCUT2D eigenvalue weighted by atomic mass is 9.99. The molecule has 0 aromatic heterocycles. The van der Waals surface area contributed by atoms with E-state index in [4.69, 9.17) is 9.47 Å². The van der Waals surface area contributed by atoms with E-state index in [0.717, 1.165) is 0 Å². The van der Waals surface area contributed by atoms with Crippen LogP contribution in [0.25, 0.3) is 0 Å². The van der Waals surface area contributed by atoms with Crippen molar-refractivity contribution in [2.24, 2.45) is 5.92 Å². The molecular weight excluding hydrogens is 411 g/mol. The molecule has 3 rings (SSSR count). The van der Waals surface area contributed by atoms with Crippen LogP contribution in [0.15, 0.2) is 53.4 Å². The molecule has 2 aromatic rings. The lowest BCUT2D eigenvalue weighted by molar-refractivity contribution is -0.126. The van der Waals surface area contributed by atoms with Gasteiger partial charge in [0.15, 0.2) is 0 Å². The number of carbonyl (C=O) groups excluding carboxylic acids is 1. The number of rotatable bonds is 8. The van der Waals surface area contributed by atoms with Crippen molar-refractivity contribution in [2.45, 2.75) is 17.7 Å². The highest BCUT2D eigenvalue weighted by Crippen LogP contribution is 2.25. The molecule has 2 aromatic carbocycles. The molecule has 0 bridgehead atoms. The van der Waals surface area contributed by atoms with E-state index in [-0.39, 0.29) is 36.3 Å². The molecule has 0 aliphatic carbocycles. The Morgan fingerprint density at radius 1 is 1.13 bits per heavy atom. The molecule has 1 N–H and O–H groups in total. The second kappa shape index (κ2) is 9.90. The minimum absolute atomic E-state index is 0.138. The van der Waals surface area contributed by atoms with E-state index in [1.807, 2.05) is 0 Å². The van der Waals surface area contributed by atoms with Gasteiger partial charge in [-0.1, -0.05) is 0 Å². The van der Waals surface area contributed by atoms with E-state index in [9.17, 15) is 17.6 Å². The van der Waals surface area contributed by atoms with E-state index in [1.165, 1.54) is 47.8 Å². The van der Waals surface area contributed by atoms with Crippen LogP contribution in [0.2, 0.25) is 0 Å². The lowest BCUT2D eigenvalue weighted by Crippen LogP contribution is -2.45. The zero-order valence-electron chi connectivity index (χ0n) is 16.7. The summed E-state index contributed by atoms with van der Waals surface area (Å²) in [5, 5.41) is 2.78. The number of hydrogen-bond acceptors (Lipinski definition) is 5. The maximum atomic E-state index is 12.9. The van der Waals surface area contributed by atoms with E-state index < -0.39 is 15.9 Å². The number of piperidine rings is 1. The molecule has 1 amide bonds. The molecule has 30 heavy (non-hydrogen) atoms. The molecular formula is C21H25FN2O5S. The molecule has 0 radical (unpaired) electrons. The van der Waals surface area contributed by atoms with Gasteiger partial charge in [0.2, 0.25) is 15.9 Å². The van der Waals surface area contributed by atoms with Crippen molar-refractivity contribution in [1.29, 1.82) is 0 Å². The number of hydrogen-bond donors (Lipinski definition) is 1. The summed E-state index contributed by atoms with van der Waals surface area (Å²) >= 11 is 0. The van der Waals surface area contributed by atoms with Crippen LogP contribution in [-0.4, -0.2) is 52.0 Å². The number of ether oxygens (including phenoxy) is 2. The van der Waals surface area contributed by atoms with Crippen molar-refractivity contribution in [2.75, 3.05) is 33.4 Å². The average Bonchev–Trinajstić information content (AvgIpc) is 2.78. The van der Waals surface area contributed by atoms with Gasteiger partial charge in [0, 0.05) is 13.1 Å². The van der Waals surface area contributed by atoms with Crippen LogP contribution in [-0.2, 0) is 14.8 Å². The molecule has 0 unspecified atom stereocenters. The van der Waals surface area contributed by atoms with Crippen LogP contribution >= 0.6 is 0 Å². The first-order chi connectivity index (χ1) is 14.4. The fraction of sp³-hybridized carbons (Fsp3) is 0.381. The van der Waals surface area contributed by atoms with Crippen molar-refractivity contribution in [3.8, 4) is 11.5 Å². The number of sulfonamides is 1. The summed E-state index contributed by atoms with van der Waals surface area (Å²) in [5.41, 5.74) is 0. The van der Waals surface area contributed by atoms with E-state index in [0.29, 0.717) is 30.9 Å². The third kappa shape index (κ3) is 5.48. The third-order valence-electron chi connectivity index (χ3n) is 4.94. The van der Waals surface area contributed by atoms with Crippen LogP contribution in [0.1, 0.15) is 12.8 Å². The summed E-state index contributed by atoms with van der Waals surface area (Å²) in [5.74, 6) is 0.125. The topological polar surface area (TPSA) is 84.9 Å². The highest BCUT2D eigenvalue weighted by atomic mass is 32.2. The third-order valence-corrected chi connectivity index (χ3v) is 6.82. The summed E-state index contributed by atoms with van der Waals surface area (Å²) in [7, 11) is -2.16. The van der Waals surface area contributed by atoms with Gasteiger partial charge >= 0.3 is 0 Å². The predicted molar refractivity (Wildman–Crippen MR) is 109 cm³/mol. The zero-order valence-corrected chi connectivity index (χ0v) is 17.5. The van der Waals surface area contributed by atoms with E-state index in [2.05, 4.69) is 5.32 Å². The Morgan fingerprint density at radius 2 is 1.80 bits per heavy atom. The number of benzene rings is 2. The van der Waals surface area contributed by atoms with Gasteiger partial charge in [-0.2, -0.15) is 4.31 Å². The first-order valence-corrected chi connectivity index (χ1v) is 11.1. The molecule has 9 heteroatoms. The maximum Gasteiger partial charge on any atom is 0.243 e. The number of nitrogens with zero attached hydrogens (tertiary/aromatic N) is 1. The quantitative estimate of drug-likeness (QED) is 0.643. The summed E-state index contributed by atoms with van der Waals surface area (Å²) in [4.78, 5) is 12.7. The molecule has 7 nitrogen and oxygen atoms in total. The minimum atomic E-state index is -3.68. The fourth-order valence-electron chi connectivity index (χ4n) is 3.29. The molecule has 1 aliphatic heterocycles. The molecule has 1 aliphatic rings. The summed E-state index contributed by atoms with van der Waals surface area (Å²) < 4.78 is 50.6. The minimum Gasteiger partial charge on any atom is -0.497 e. The monoisotopic (exact) mass is 436 g/mol. The Labute approximate surface area is 175 Å². The SMILES string of the molecule is COc1ccc(S(=O)(=O)N2CCC[C@H](C(=O)NCCOc3ccc(F)cc3)C2)cc1. The summed E-state index contributed by atoms with van der Waals surface area (Å²) in [6.07, 6.45) is 1.23. The van der Waals surface area contributed by atoms with Gasteiger partial charge in [0.05, 0.1) is 24.5 Å². The fourth-order valence-corrected chi connectivity index (χ4v) is 4.81. The Hall–Kier alpha value is -2.65.